The molecule has 15 rings (SSSR count). The lowest BCUT2D eigenvalue weighted by Gasteiger charge is -2.40. The van der Waals surface area contributed by atoms with Gasteiger partial charge < -0.3 is 18.4 Å². The normalized spacial score (nSPS) is 14.5. The van der Waals surface area contributed by atoms with Crippen molar-refractivity contribution < 1.29 is 4.74 Å². The van der Waals surface area contributed by atoms with Crippen LogP contribution in [0.4, 0.5) is 0 Å². The molecule has 1 aliphatic carbocycles. The van der Waals surface area contributed by atoms with Crippen molar-refractivity contribution in [3.63, 3.8) is 0 Å². The van der Waals surface area contributed by atoms with Crippen molar-refractivity contribution >= 4 is 65.4 Å². The minimum Gasteiger partial charge on any atom is -0.457 e. The van der Waals surface area contributed by atoms with Gasteiger partial charge in [-0.05, 0) is 96.6 Å². The molecule has 8 aromatic carbocycles. The zero-order chi connectivity index (χ0) is 45.5. The zero-order valence-electron chi connectivity index (χ0n) is 36.6. The summed E-state index contributed by atoms with van der Waals surface area (Å²) in [6, 6.07) is 70.2. The Kier molecular flexibility index (Phi) is 7.41. The van der Waals surface area contributed by atoms with Crippen LogP contribution in [0.1, 0.15) is 33.4 Å². The van der Waals surface area contributed by atoms with E-state index in [4.69, 9.17) is 14.7 Å². The summed E-state index contributed by atoms with van der Waals surface area (Å²) in [6.07, 6.45) is 3.78. The van der Waals surface area contributed by atoms with Gasteiger partial charge in [0.15, 0.2) is 0 Å². The topological polar surface area (TPSA) is 97.4 Å². The molecule has 1 atom stereocenters. The lowest BCUT2D eigenvalue weighted by Crippen LogP contribution is -2.34. The van der Waals surface area contributed by atoms with Crippen molar-refractivity contribution in [2.24, 2.45) is 0 Å². The van der Waals surface area contributed by atoms with E-state index in [-0.39, 0.29) is 0 Å². The summed E-state index contributed by atoms with van der Waals surface area (Å²) in [6.45, 7) is 0. The van der Waals surface area contributed by atoms with Gasteiger partial charge in [-0.1, -0.05) is 91.0 Å². The second-order valence-corrected chi connectivity index (χ2v) is 17.9. The summed E-state index contributed by atoms with van der Waals surface area (Å²) in [5, 5.41) is 26.5. The van der Waals surface area contributed by atoms with Gasteiger partial charge in [0.25, 0.3) is 0 Å². The van der Waals surface area contributed by atoms with E-state index >= 15 is 0 Å². The molecule has 1 unspecified atom stereocenters. The predicted octanol–water partition coefficient (Wildman–Crippen LogP) is 14.0. The molecule has 1 aliphatic heterocycles. The average Bonchev–Trinajstić information content (AvgIpc) is 4.12. The van der Waals surface area contributed by atoms with Gasteiger partial charge in [-0.3, -0.25) is 9.97 Å². The number of benzene rings is 8. The molecule has 0 saturated carbocycles. The molecule has 318 valence electrons. The maximum Gasteiger partial charge on any atom is 0.134 e. The molecule has 0 N–H and O–H groups in total. The average molecular weight is 880 g/mol. The molecule has 8 heteroatoms. The van der Waals surface area contributed by atoms with Crippen LogP contribution in [-0.2, 0) is 5.41 Å². The first-order chi connectivity index (χ1) is 34.1. The minimum absolute atomic E-state index is 0.546. The van der Waals surface area contributed by atoms with Crippen LogP contribution in [0.5, 0.6) is 11.5 Å². The fourth-order valence-corrected chi connectivity index (χ4v) is 11.9. The molecule has 0 fully saturated rings. The Bertz CT molecular complexity index is 4340. The SMILES string of the molecule is N#Cc1ccc2c(c1)c1cc(C#N)ccc1n2-c1cnc2c(c1)C1(c3ccc(-n4c5ccccc5c5ccccc54)cc3Oc3cccc(-n4c5ccccc5c5ccccc54)c31)c1cccnc1-2. The monoisotopic (exact) mass is 879 g/mol. The number of nitriles is 2. The summed E-state index contributed by atoms with van der Waals surface area (Å²) in [5.41, 5.74) is 14.6. The minimum atomic E-state index is -0.992. The predicted molar refractivity (Wildman–Crippen MR) is 272 cm³/mol. The molecule has 13 aromatic rings. The number of hydrogen-bond acceptors (Lipinski definition) is 5. The molecule has 0 bridgehead atoms. The Morgan fingerprint density at radius 2 is 0.957 bits per heavy atom. The Morgan fingerprint density at radius 3 is 1.57 bits per heavy atom. The summed E-state index contributed by atoms with van der Waals surface area (Å²) < 4.78 is 14.3. The van der Waals surface area contributed by atoms with Crippen molar-refractivity contribution in [3.8, 4) is 52.1 Å². The molecule has 5 aromatic heterocycles. The van der Waals surface area contributed by atoms with Gasteiger partial charge in [-0.2, -0.15) is 10.5 Å². The third-order valence-electron chi connectivity index (χ3n) is 14.6. The first-order valence-corrected chi connectivity index (χ1v) is 22.9. The number of rotatable bonds is 3. The van der Waals surface area contributed by atoms with E-state index in [0.29, 0.717) is 11.1 Å². The van der Waals surface area contributed by atoms with Gasteiger partial charge in [0.05, 0.1) is 90.7 Å². The van der Waals surface area contributed by atoms with E-state index in [2.05, 4.69) is 171 Å². The lowest BCUT2D eigenvalue weighted by atomic mass is 9.65. The number of ether oxygens (including phenoxy) is 1. The molecule has 6 heterocycles. The molecular formula is C61H33N7O. The highest BCUT2D eigenvalue weighted by molar-refractivity contribution is 6.12. The van der Waals surface area contributed by atoms with E-state index in [1.54, 1.807) is 0 Å². The summed E-state index contributed by atoms with van der Waals surface area (Å²) in [7, 11) is 0. The van der Waals surface area contributed by atoms with Crippen LogP contribution in [0.2, 0.25) is 0 Å². The maximum atomic E-state index is 10.0. The number of aromatic nitrogens is 5. The number of fused-ring (bicyclic) bond motifs is 18. The smallest absolute Gasteiger partial charge is 0.134 e. The number of nitrogens with zero attached hydrogens (tertiary/aromatic N) is 7. The molecule has 0 radical (unpaired) electrons. The van der Waals surface area contributed by atoms with Crippen LogP contribution in [-0.4, -0.2) is 23.7 Å². The van der Waals surface area contributed by atoms with E-state index in [0.717, 1.165) is 117 Å². The molecule has 2 aliphatic rings. The first-order valence-electron chi connectivity index (χ1n) is 22.9. The molecule has 8 nitrogen and oxygen atoms in total. The molecule has 69 heavy (non-hydrogen) atoms. The Balaban J connectivity index is 1.08. The molecule has 0 amide bonds. The van der Waals surface area contributed by atoms with Gasteiger partial charge in [-0.15, -0.1) is 0 Å². The second-order valence-electron chi connectivity index (χ2n) is 17.9. The van der Waals surface area contributed by atoms with Crippen LogP contribution >= 0.6 is 0 Å². The first kappa shape index (κ1) is 37.5. The van der Waals surface area contributed by atoms with E-state index in [9.17, 15) is 10.5 Å². The van der Waals surface area contributed by atoms with Crippen LogP contribution < -0.4 is 4.74 Å². The Hall–Kier alpha value is -9.76. The number of pyridine rings is 2. The summed E-state index contributed by atoms with van der Waals surface area (Å²) >= 11 is 0. The highest BCUT2D eigenvalue weighted by Gasteiger charge is 2.54. The third kappa shape index (κ3) is 4.83. The number of para-hydroxylation sites is 4. The van der Waals surface area contributed by atoms with E-state index < -0.39 is 5.41 Å². The highest BCUT2D eigenvalue weighted by Crippen LogP contribution is 2.63. The largest absolute Gasteiger partial charge is 0.457 e. The van der Waals surface area contributed by atoms with Gasteiger partial charge in [0, 0.05) is 67.0 Å². The fourth-order valence-electron chi connectivity index (χ4n) is 11.9. The van der Waals surface area contributed by atoms with Crippen LogP contribution in [0.3, 0.4) is 0 Å². The summed E-state index contributed by atoms with van der Waals surface area (Å²) in [5.74, 6) is 1.47. The third-order valence-corrected chi connectivity index (χ3v) is 14.6. The quantitative estimate of drug-likeness (QED) is 0.176. The maximum absolute atomic E-state index is 10.0. The van der Waals surface area contributed by atoms with Crippen molar-refractivity contribution in [1.82, 2.24) is 23.7 Å². The lowest BCUT2D eigenvalue weighted by molar-refractivity contribution is 0.435. The standard InChI is InChI=1S/C61H33N7O/c62-33-36-22-26-53-44(29-36)45-30-37(34-63)23-27-54(45)67(53)39-31-48-60(65-35-39)59-47(15-10-28-64-59)61(48)46-25-24-38(66-49-16-5-1-11-40(49)41-12-2-6-17-50(41)66)32-57(46)69-56-21-9-20-55(58(56)61)68-51-18-7-3-13-42(51)43-14-4-8-19-52(43)68/h1-32,35H. The second kappa shape index (κ2) is 13.6. The Morgan fingerprint density at radius 1 is 0.406 bits per heavy atom. The Labute approximate surface area is 394 Å². The van der Waals surface area contributed by atoms with Gasteiger partial charge in [-0.25, -0.2) is 0 Å². The van der Waals surface area contributed by atoms with Crippen molar-refractivity contribution in [2.75, 3.05) is 0 Å². The van der Waals surface area contributed by atoms with Crippen LogP contribution in [0.15, 0.2) is 200 Å². The van der Waals surface area contributed by atoms with Crippen molar-refractivity contribution in [2.45, 2.75) is 5.41 Å². The zero-order valence-corrected chi connectivity index (χ0v) is 36.6. The van der Waals surface area contributed by atoms with Gasteiger partial charge in [0.2, 0.25) is 0 Å². The van der Waals surface area contributed by atoms with Crippen LogP contribution in [0, 0.1) is 22.7 Å². The molecule has 1 spiro atoms. The van der Waals surface area contributed by atoms with E-state index in [1.807, 2.05) is 54.9 Å². The fraction of sp³-hybridized carbons (Fsp3) is 0.0164. The van der Waals surface area contributed by atoms with E-state index in [1.165, 1.54) is 10.8 Å². The number of hydrogen-bond donors (Lipinski definition) is 0. The van der Waals surface area contributed by atoms with Gasteiger partial charge in [0.1, 0.15) is 11.5 Å². The molecule has 0 saturated heterocycles. The van der Waals surface area contributed by atoms with Crippen molar-refractivity contribution in [1.29, 1.82) is 10.5 Å². The highest BCUT2D eigenvalue weighted by atomic mass is 16.5. The molecular weight excluding hydrogens is 847 g/mol. The van der Waals surface area contributed by atoms with Crippen LogP contribution in [0.25, 0.3) is 93.9 Å². The van der Waals surface area contributed by atoms with Gasteiger partial charge >= 0.3 is 0 Å². The van der Waals surface area contributed by atoms with Crippen molar-refractivity contribution in [3.05, 3.63) is 234 Å². The summed E-state index contributed by atoms with van der Waals surface area (Å²) in [4.78, 5) is 10.6.